The van der Waals surface area contributed by atoms with Crippen LogP contribution in [0.1, 0.15) is 33.4 Å². The van der Waals surface area contributed by atoms with Gasteiger partial charge in [-0.2, -0.15) is 0 Å². The number of esters is 4. The van der Waals surface area contributed by atoms with Crippen LogP contribution in [0.15, 0.2) is 36.5 Å². The molecule has 0 amide bonds. The summed E-state index contributed by atoms with van der Waals surface area (Å²) in [6.45, 7) is 4.16. The first-order valence-electron chi connectivity index (χ1n) is 11.0. The summed E-state index contributed by atoms with van der Waals surface area (Å²) in [6, 6.07) is 9.27. The van der Waals surface area contributed by atoms with Crippen molar-refractivity contribution in [2.75, 3.05) is 6.61 Å². The van der Waals surface area contributed by atoms with Gasteiger partial charge in [-0.05, 0) is 12.1 Å². The van der Waals surface area contributed by atoms with Crippen molar-refractivity contribution in [3.05, 3.63) is 42.2 Å². The fourth-order valence-corrected chi connectivity index (χ4v) is 3.56. The maximum Gasteiger partial charge on any atom is 0.303 e. The first kappa shape index (κ1) is 26.8. The summed E-state index contributed by atoms with van der Waals surface area (Å²) in [6.07, 6.45) is -4.64. The predicted octanol–water partition coefficient (Wildman–Crippen LogP) is 0.867. The number of carbonyl (C=O) groups is 4. The Labute approximate surface area is 206 Å². The molecule has 1 aromatic heterocycles. The van der Waals surface area contributed by atoms with Crippen LogP contribution in [0, 0.1) is 0 Å². The Balaban J connectivity index is 1.85. The van der Waals surface area contributed by atoms with Gasteiger partial charge in [-0.25, -0.2) is 4.68 Å². The number of nitrogens with zero attached hydrogens (tertiary/aromatic N) is 3. The fraction of sp³-hybridized carbons (Fsp3) is 0.478. The van der Waals surface area contributed by atoms with Crippen molar-refractivity contribution in [1.29, 1.82) is 0 Å². The van der Waals surface area contributed by atoms with Crippen molar-refractivity contribution < 1.29 is 47.6 Å². The number of aromatic nitrogens is 3. The van der Waals surface area contributed by atoms with Crippen molar-refractivity contribution in [2.45, 2.75) is 65.0 Å². The third-order valence-corrected chi connectivity index (χ3v) is 4.91. The summed E-state index contributed by atoms with van der Waals surface area (Å²) in [4.78, 5) is 46.9. The number of hydrogen-bond acceptors (Lipinski definition) is 12. The average molecular weight is 505 g/mol. The Morgan fingerprint density at radius 2 is 1.47 bits per heavy atom. The highest BCUT2D eigenvalue weighted by Gasteiger charge is 2.52. The summed E-state index contributed by atoms with van der Waals surface area (Å²) >= 11 is 0. The molecule has 5 atom stereocenters. The zero-order valence-electron chi connectivity index (χ0n) is 20.2. The minimum absolute atomic E-state index is 0.124. The highest BCUT2D eigenvalue weighted by Crippen LogP contribution is 2.30. The number of para-hydroxylation sites is 1. The molecule has 0 bridgehead atoms. The number of benzene rings is 1. The second-order valence-electron chi connectivity index (χ2n) is 7.87. The van der Waals surface area contributed by atoms with Crippen LogP contribution in [0.5, 0.6) is 0 Å². The van der Waals surface area contributed by atoms with E-state index in [1.54, 1.807) is 10.9 Å². The van der Waals surface area contributed by atoms with Crippen LogP contribution in [0.2, 0.25) is 0 Å². The topological polar surface area (TPSA) is 154 Å². The van der Waals surface area contributed by atoms with Gasteiger partial charge in [0, 0.05) is 27.7 Å². The van der Waals surface area contributed by atoms with Gasteiger partial charge in [0.15, 0.2) is 24.6 Å². The minimum Gasteiger partial charge on any atom is -0.463 e. The van der Waals surface area contributed by atoms with Gasteiger partial charge in [0.05, 0.1) is 18.5 Å². The molecule has 1 aromatic carbocycles. The lowest BCUT2D eigenvalue weighted by Gasteiger charge is -2.43. The third-order valence-electron chi connectivity index (χ3n) is 4.91. The number of rotatable bonds is 9. The molecule has 194 valence electrons. The summed E-state index contributed by atoms with van der Waals surface area (Å²) in [7, 11) is 0. The van der Waals surface area contributed by atoms with Crippen molar-refractivity contribution in [2.24, 2.45) is 0 Å². The fourth-order valence-electron chi connectivity index (χ4n) is 3.56. The summed E-state index contributed by atoms with van der Waals surface area (Å²) < 4.78 is 34.4. The molecule has 1 unspecified atom stereocenters. The van der Waals surface area contributed by atoms with E-state index in [0.29, 0.717) is 5.69 Å². The first-order valence-corrected chi connectivity index (χ1v) is 11.0. The molecule has 1 saturated heterocycles. The van der Waals surface area contributed by atoms with E-state index in [2.05, 4.69) is 10.3 Å². The van der Waals surface area contributed by atoms with Gasteiger partial charge in [-0.15, -0.1) is 5.10 Å². The van der Waals surface area contributed by atoms with Crippen LogP contribution in [-0.2, 0) is 54.2 Å². The van der Waals surface area contributed by atoms with Crippen molar-refractivity contribution in [3.63, 3.8) is 0 Å². The number of carbonyl (C=O) groups excluding carboxylic acids is 4. The van der Waals surface area contributed by atoms with Crippen LogP contribution in [0.25, 0.3) is 5.69 Å². The van der Waals surface area contributed by atoms with Crippen molar-refractivity contribution in [3.8, 4) is 5.69 Å². The lowest BCUT2D eigenvalue weighted by molar-refractivity contribution is -0.310. The van der Waals surface area contributed by atoms with Gasteiger partial charge in [-0.1, -0.05) is 23.4 Å². The molecule has 13 heteroatoms. The Morgan fingerprint density at radius 1 is 0.861 bits per heavy atom. The molecule has 0 spiro atoms. The second kappa shape index (κ2) is 12.2. The van der Waals surface area contributed by atoms with E-state index in [4.69, 9.17) is 28.4 Å². The van der Waals surface area contributed by atoms with Gasteiger partial charge in [0.1, 0.15) is 18.4 Å². The van der Waals surface area contributed by atoms with Gasteiger partial charge >= 0.3 is 23.9 Å². The van der Waals surface area contributed by atoms with E-state index in [1.165, 1.54) is 6.92 Å². The molecule has 1 aliphatic rings. The second-order valence-corrected chi connectivity index (χ2v) is 7.87. The highest BCUT2D eigenvalue weighted by atomic mass is 16.7. The zero-order chi connectivity index (χ0) is 26.2. The highest BCUT2D eigenvalue weighted by molar-refractivity contribution is 5.68. The van der Waals surface area contributed by atoms with Gasteiger partial charge in [0.2, 0.25) is 0 Å². The lowest BCUT2D eigenvalue weighted by atomic mass is 9.98. The largest absolute Gasteiger partial charge is 0.463 e. The molecular weight excluding hydrogens is 478 g/mol. The summed E-state index contributed by atoms with van der Waals surface area (Å²) in [5.41, 5.74) is 1.20. The molecule has 0 radical (unpaired) electrons. The zero-order valence-corrected chi connectivity index (χ0v) is 20.2. The van der Waals surface area contributed by atoms with Crippen LogP contribution >= 0.6 is 0 Å². The number of hydrogen-bond donors (Lipinski definition) is 0. The van der Waals surface area contributed by atoms with Gasteiger partial charge < -0.3 is 28.4 Å². The van der Waals surface area contributed by atoms with Crippen molar-refractivity contribution >= 4 is 23.9 Å². The molecule has 0 aliphatic carbocycles. The predicted molar refractivity (Wildman–Crippen MR) is 118 cm³/mol. The van der Waals surface area contributed by atoms with Crippen LogP contribution in [0.3, 0.4) is 0 Å². The van der Waals surface area contributed by atoms with Crippen LogP contribution in [-0.4, -0.2) is 76.2 Å². The number of ether oxygens (including phenoxy) is 6. The molecule has 0 saturated carbocycles. The lowest BCUT2D eigenvalue weighted by Crippen LogP contribution is -2.62. The van der Waals surface area contributed by atoms with E-state index < -0.39 is 54.6 Å². The van der Waals surface area contributed by atoms with E-state index >= 15 is 0 Å². The molecule has 2 heterocycles. The molecule has 3 rings (SSSR count). The molecule has 36 heavy (non-hydrogen) atoms. The molecule has 13 nitrogen and oxygen atoms in total. The Hall–Kier alpha value is -3.84. The van der Waals surface area contributed by atoms with E-state index in [0.717, 1.165) is 26.5 Å². The van der Waals surface area contributed by atoms with Crippen LogP contribution < -0.4 is 0 Å². The smallest absolute Gasteiger partial charge is 0.303 e. The normalized spacial score (nSPS) is 23.4. The first-order chi connectivity index (χ1) is 17.1. The van der Waals surface area contributed by atoms with Crippen molar-refractivity contribution in [1.82, 2.24) is 15.0 Å². The van der Waals surface area contributed by atoms with Gasteiger partial charge in [0.25, 0.3) is 0 Å². The molecule has 2 aromatic rings. The Kier molecular flexibility index (Phi) is 9.08. The van der Waals surface area contributed by atoms with E-state index in [1.807, 2.05) is 30.3 Å². The average Bonchev–Trinajstić information content (AvgIpc) is 3.28. The van der Waals surface area contributed by atoms with E-state index in [9.17, 15) is 19.2 Å². The summed E-state index contributed by atoms with van der Waals surface area (Å²) in [5.74, 6) is -2.77. The minimum atomic E-state index is -1.31. The summed E-state index contributed by atoms with van der Waals surface area (Å²) in [5, 5.41) is 8.12. The SMILES string of the molecule is CC(=O)OC[C@@H]1OC(OCc2cn(-c3ccccc3)nn2)[C@@H](OC(C)=O)[C@H](OC(C)=O)[C@@H]1OC(C)=O. The van der Waals surface area contributed by atoms with Gasteiger partial charge in [-0.3, -0.25) is 19.2 Å². The quantitative estimate of drug-likeness (QED) is 0.351. The maximum atomic E-state index is 11.9. The third kappa shape index (κ3) is 7.33. The Morgan fingerprint density at radius 3 is 2.08 bits per heavy atom. The van der Waals surface area contributed by atoms with Crippen LogP contribution in [0.4, 0.5) is 0 Å². The standard InChI is InChI=1S/C23H27N3O10/c1-13(27)31-12-19-20(33-14(2)28)21(34-15(3)29)22(35-16(4)30)23(36-19)32-11-17-10-26(25-24-17)18-8-6-5-7-9-18/h5-10,19-23H,11-12H2,1-4H3/t19-,20+,21+,22-,23?/m0/s1. The molecule has 1 fully saturated rings. The molecule has 1 aliphatic heterocycles. The van der Waals surface area contributed by atoms with E-state index in [-0.39, 0.29) is 13.2 Å². The Bertz CT molecular complexity index is 1070. The molecule has 0 N–H and O–H groups in total. The molecular formula is C23H27N3O10. The monoisotopic (exact) mass is 505 g/mol. The maximum absolute atomic E-state index is 11.9.